The van der Waals surface area contributed by atoms with E-state index in [4.69, 9.17) is 4.74 Å². The van der Waals surface area contributed by atoms with Crippen LogP contribution in [0.25, 0.3) is 0 Å². The van der Waals surface area contributed by atoms with Crippen LogP contribution in [0.2, 0.25) is 0 Å². The smallest absolute Gasteiger partial charge is 0.259 e. The molecule has 0 unspecified atom stereocenters. The molecule has 0 saturated carbocycles. The predicted octanol–water partition coefficient (Wildman–Crippen LogP) is 4.31. The van der Waals surface area contributed by atoms with Crippen molar-refractivity contribution in [2.75, 3.05) is 12.4 Å². The van der Waals surface area contributed by atoms with Crippen molar-refractivity contribution in [3.63, 3.8) is 0 Å². The molecule has 1 amide bonds. The molecule has 19 heavy (non-hydrogen) atoms. The molecule has 2 aromatic rings. The Morgan fingerprint density at radius 1 is 1.26 bits per heavy atom. The van der Waals surface area contributed by atoms with E-state index in [0.29, 0.717) is 11.3 Å². The minimum atomic E-state index is -0.194. The Bertz CT molecular complexity index is 616. The maximum atomic E-state index is 12.2. The third-order valence-corrected chi connectivity index (χ3v) is 3.65. The summed E-state index contributed by atoms with van der Waals surface area (Å²) in [6, 6.07) is 13.0. The molecule has 0 bridgehead atoms. The second-order valence-corrected chi connectivity index (χ2v) is 5.97. The van der Waals surface area contributed by atoms with E-state index in [-0.39, 0.29) is 5.91 Å². The molecule has 0 aliphatic heterocycles. The predicted molar refractivity (Wildman–Crippen MR) is 87.8 cm³/mol. The van der Waals surface area contributed by atoms with Crippen molar-refractivity contribution in [1.29, 1.82) is 0 Å². The Morgan fingerprint density at radius 3 is 2.74 bits per heavy atom. The fourth-order valence-corrected chi connectivity index (χ4v) is 2.53. The monoisotopic (exact) mass is 431 g/mol. The molecule has 1 N–H and O–H groups in total. The SMILES string of the molecule is COc1ccc(Br)cc1C(=O)Nc1cccc(I)c1. The van der Waals surface area contributed by atoms with Gasteiger partial charge in [0, 0.05) is 13.7 Å². The van der Waals surface area contributed by atoms with Crippen LogP contribution < -0.4 is 10.1 Å². The van der Waals surface area contributed by atoms with E-state index < -0.39 is 0 Å². The normalized spacial score (nSPS) is 10.1. The van der Waals surface area contributed by atoms with Gasteiger partial charge >= 0.3 is 0 Å². The lowest BCUT2D eigenvalue weighted by atomic mass is 10.2. The molecule has 2 aromatic carbocycles. The van der Waals surface area contributed by atoms with Gasteiger partial charge in [-0.05, 0) is 59.0 Å². The lowest BCUT2D eigenvalue weighted by Crippen LogP contribution is -2.13. The van der Waals surface area contributed by atoms with Gasteiger partial charge in [-0.2, -0.15) is 0 Å². The van der Waals surface area contributed by atoms with Gasteiger partial charge in [0.1, 0.15) is 5.75 Å². The first-order chi connectivity index (χ1) is 9.10. The molecule has 0 heterocycles. The Morgan fingerprint density at radius 2 is 2.05 bits per heavy atom. The zero-order chi connectivity index (χ0) is 13.8. The number of hydrogen-bond donors (Lipinski definition) is 1. The number of anilines is 1. The van der Waals surface area contributed by atoms with Crippen LogP contribution in [0.1, 0.15) is 10.4 Å². The fraction of sp³-hybridized carbons (Fsp3) is 0.0714. The van der Waals surface area contributed by atoms with Gasteiger partial charge in [-0.25, -0.2) is 0 Å². The van der Waals surface area contributed by atoms with Gasteiger partial charge in [0.15, 0.2) is 0 Å². The van der Waals surface area contributed by atoms with Crippen LogP contribution in [0.3, 0.4) is 0 Å². The molecular weight excluding hydrogens is 421 g/mol. The highest BCUT2D eigenvalue weighted by molar-refractivity contribution is 14.1. The van der Waals surface area contributed by atoms with E-state index in [0.717, 1.165) is 13.7 Å². The highest BCUT2D eigenvalue weighted by Crippen LogP contribution is 2.24. The molecule has 3 nitrogen and oxygen atoms in total. The molecule has 0 aliphatic rings. The Hall–Kier alpha value is -1.08. The molecule has 0 aromatic heterocycles. The van der Waals surface area contributed by atoms with Gasteiger partial charge in [-0.1, -0.05) is 22.0 Å². The maximum absolute atomic E-state index is 12.2. The van der Waals surface area contributed by atoms with Crippen molar-refractivity contribution in [2.24, 2.45) is 0 Å². The topological polar surface area (TPSA) is 38.3 Å². The van der Waals surface area contributed by atoms with Crippen molar-refractivity contribution in [1.82, 2.24) is 0 Å². The first-order valence-electron chi connectivity index (χ1n) is 5.50. The summed E-state index contributed by atoms with van der Waals surface area (Å²) in [6.07, 6.45) is 0. The molecule has 0 saturated heterocycles. The van der Waals surface area contributed by atoms with Gasteiger partial charge in [-0.15, -0.1) is 0 Å². The minimum Gasteiger partial charge on any atom is -0.496 e. The third kappa shape index (κ3) is 3.70. The summed E-state index contributed by atoms with van der Waals surface area (Å²) in [7, 11) is 1.55. The number of carbonyl (C=O) groups is 1. The number of nitrogens with one attached hydrogen (secondary N) is 1. The lowest BCUT2D eigenvalue weighted by molar-refractivity contribution is 0.102. The molecule has 0 radical (unpaired) electrons. The van der Waals surface area contributed by atoms with Crippen LogP contribution >= 0.6 is 38.5 Å². The Kier molecular flexibility index (Phi) is 4.81. The lowest BCUT2D eigenvalue weighted by Gasteiger charge is -2.10. The second-order valence-electron chi connectivity index (χ2n) is 3.81. The zero-order valence-corrected chi connectivity index (χ0v) is 13.9. The van der Waals surface area contributed by atoms with Crippen LogP contribution in [-0.2, 0) is 0 Å². The summed E-state index contributed by atoms with van der Waals surface area (Å²) in [4.78, 5) is 12.2. The number of benzene rings is 2. The molecule has 0 spiro atoms. The van der Waals surface area contributed by atoms with Gasteiger partial charge in [0.2, 0.25) is 0 Å². The largest absolute Gasteiger partial charge is 0.496 e. The van der Waals surface area contributed by atoms with E-state index in [9.17, 15) is 4.79 Å². The molecule has 0 fully saturated rings. The third-order valence-electron chi connectivity index (χ3n) is 2.49. The molecule has 0 atom stereocenters. The number of methoxy groups -OCH3 is 1. The average molecular weight is 432 g/mol. The number of amides is 1. The van der Waals surface area contributed by atoms with Gasteiger partial charge in [-0.3, -0.25) is 4.79 Å². The van der Waals surface area contributed by atoms with Crippen LogP contribution in [-0.4, -0.2) is 13.0 Å². The maximum Gasteiger partial charge on any atom is 0.259 e. The number of ether oxygens (including phenoxy) is 1. The molecule has 2 rings (SSSR count). The van der Waals surface area contributed by atoms with Crippen LogP contribution in [0.5, 0.6) is 5.75 Å². The standard InChI is InChI=1S/C14H11BrINO2/c1-19-13-6-5-9(15)7-12(13)14(18)17-11-4-2-3-10(16)8-11/h2-8H,1H3,(H,17,18). The minimum absolute atomic E-state index is 0.194. The first kappa shape index (κ1) is 14.3. The van der Waals surface area contributed by atoms with E-state index in [2.05, 4.69) is 43.8 Å². The summed E-state index contributed by atoms with van der Waals surface area (Å²) in [5, 5.41) is 2.86. The molecule has 98 valence electrons. The van der Waals surface area contributed by atoms with Gasteiger partial charge < -0.3 is 10.1 Å². The first-order valence-corrected chi connectivity index (χ1v) is 7.38. The van der Waals surface area contributed by atoms with Gasteiger partial charge in [0.05, 0.1) is 12.7 Å². The van der Waals surface area contributed by atoms with E-state index in [1.165, 1.54) is 0 Å². The highest BCUT2D eigenvalue weighted by Gasteiger charge is 2.13. The summed E-state index contributed by atoms with van der Waals surface area (Å²) < 4.78 is 7.10. The highest BCUT2D eigenvalue weighted by atomic mass is 127. The van der Waals surface area contributed by atoms with Crippen molar-refractivity contribution in [2.45, 2.75) is 0 Å². The molecular formula is C14H11BrINO2. The summed E-state index contributed by atoms with van der Waals surface area (Å²) >= 11 is 5.56. The van der Waals surface area contributed by atoms with Crippen LogP contribution in [0, 0.1) is 3.57 Å². The van der Waals surface area contributed by atoms with Crippen molar-refractivity contribution >= 4 is 50.1 Å². The number of hydrogen-bond acceptors (Lipinski definition) is 2. The van der Waals surface area contributed by atoms with Gasteiger partial charge in [0.25, 0.3) is 5.91 Å². The average Bonchev–Trinajstić information content (AvgIpc) is 2.38. The van der Waals surface area contributed by atoms with E-state index in [1.54, 1.807) is 19.2 Å². The number of halogens is 2. The van der Waals surface area contributed by atoms with Crippen molar-refractivity contribution in [3.8, 4) is 5.75 Å². The summed E-state index contributed by atoms with van der Waals surface area (Å²) in [5.74, 6) is 0.353. The number of carbonyl (C=O) groups excluding carboxylic acids is 1. The van der Waals surface area contributed by atoms with Crippen LogP contribution in [0.4, 0.5) is 5.69 Å². The van der Waals surface area contributed by atoms with E-state index in [1.807, 2.05) is 30.3 Å². The van der Waals surface area contributed by atoms with Crippen molar-refractivity contribution < 1.29 is 9.53 Å². The Balaban J connectivity index is 2.27. The van der Waals surface area contributed by atoms with Crippen LogP contribution in [0.15, 0.2) is 46.9 Å². The summed E-state index contributed by atoms with van der Waals surface area (Å²) in [5.41, 5.74) is 1.26. The van der Waals surface area contributed by atoms with E-state index >= 15 is 0 Å². The quantitative estimate of drug-likeness (QED) is 0.735. The molecule has 0 aliphatic carbocycles. The fourth-order valence-electron chi connectivity index (χ4n) is 1.62. The summed E-state index contributed by atoms with van der Waals surface area (Å²) in [6.45, 7) is 0. The number of rotatable bonds is 3. The van der Waals surface area contributed by atoms with Crippen molar-refractivity contribution in [3.05, 3.63) is 56.1 Å². The molecule has 5 heteroatoms. The Labute approximate surface area is 133 Å². The zero-order valence-electron chi connectivity index (χ0n) is 10.1. The second kappa shape index (κ2) is 6.38.